The van der Waals surface area contributed by atoms with Gasteiger partial charge >= 0.3 is 0 Å². The number of nitrogens with zero attached hydrogens (tertiary/aromatic N) is 2. The van der Waals surface area contributed by atoms with Gasteiger partial charge in [-0.05, 0) is 42.2 Å². The molecule has 1 amide bonds. The van der Waals surface area contributed by atoms with Crippen molar-refractivity contribution in [3.05, 3.63) is 89.7 Å². The van der Waals surface area contributed by atoms with Gasteiger partial charge in [0.15, 0.2) is 0 Å². The molecule has 0 radical (unpaired) electrons. The van der Waals surface area contributed by atoms with Crippen LogP contribution in [0.1, 0.15) is 27.8 Å². The third-order valence-electron chi connectivity index (χ3n) is 5.43. The van der Waals surface area contributed by atoms with Gasteiger partial charge in [-0.25, -0.2) is 4.98 Å². The molecule has 0 aliphatic carbocycles. The highest BCUT2D eigenvalue weighted by molar-refractivity contribution is 7.98. The lowest BCUT2D eigenvalue weighted by molar-refractivity contribution is 0.0933. The normalized spacial score (nSPS) is 12.0. The van der Waals surface area contributed by atoms with Crippen LogP contribution in [0.25, 0.3) is 11.0 Å². The second kappa shape index (κ2) is 9.27. The summed E-state index contributed by atoms with van der Waals surface area (Å²) < 4.78 is 7.57. The lowest BCUT2D eigenvalue weighted by Gasteiger charge is -2.20. The summed E-state index contributed by atoms with van der Waals surface area (Å²) in [7, 11) is 3.60. The van der Waals surface area contributed by atoms with E-state index >= 15 is 0 Å². The molecule has 5 nitrogen and oxygen atoms in total. The number of fused-ring (bicyclic) bond motifs is 1. The number of aromatic nitrogens is 2. The number of benzene rings is 3. The molecule has 6 heteroatoms. The molecule has 31 heavy (non-hydrogen) atoms. The molecule has 0 fully saturated rings. The Labute approximate surface area is 186 Å². The summed E-state index contributed by atoms with van der Waals surface area (Å²) >= 11 is 1.61. The molecule has 1 N–H and O–H groups in total. The van der Waals surface area contributed by atoms with Crippen molar-refractivity contribution >= 4 is 28.7 Å². The highest BCUT2D eigenvalue weighted by Crippen LogP contribution is 2.27. The fraction of sp³-hybridized carbons (Fsp3) is 0.200. The van der Waals surface area contributed by atoms with Gasteiger partial charge in [0, 0.05) is 18.4 Å². The van der Waals surface area contributed by atoms with E-state index < -0.39 is 0 Å². The number of methoxy groups -OCH3 is 1. The van der Waals surface area contributed by atoms with E-state index in [9.17, 15) is 4.79 Å². The van der Waals surface area contributed by atoms with E-state index in [1.807, 2.05) is 80.0 Å². The minimum Gasteiger partial charge on any atom is -0.496 e. The summed E-state index contributed by atoms with van der Waals surface area (Å²) in [5, 5.41) is 3.20. The molecule has 0 spiro atoms. The maximum Gasteiger partial charge on any atom is 0.255 e. The molecule has 0 aliphatic rings. The van der Waals surface area contributed by atoms with Crippen molar-refractivity contribution < 1.29 is 9.53 Å². The second-order valence-electron chi connectivity index (χ2n) is 7.28. The molecule has 4 rings (SSSR count). The third kappa shape index (κ3) is 4.44. The number of carbonyl (C=O) groups is 1. The molecular weight excluding hydrogens is 406 g/mol. The topological polar surface area (TPSA) is 56.1 Å². The summed E-state index contributed by atoms with van der Waals surface area (Å²) in [4.78, 5) is 19.1. The van der Waals surface area contributed by atoms with Crippen molar-refractivity contribution in [2.45, 2.75) is 17.4 Å². The van der Waals surface area contributed by atoms with E-state index in [1.165, 1.54) is 0 Å². The summed E-state index contributed by atoms with van der Waals surface area (Å²) in [5.41, 5.74) is 3.58. The zero-order valence-corrected chi connectivity index (χ0v) is 18.6. The Hall–Kier alpha value is -3.25. The van der Waals surface area contributed by atoms with Gasteiger partial charge in [-0.15, -0.1) is 11.8 Å². The largest absolute Gasteiger partial charge is 0.496 e. The summed E-state index contributed by atoms with van der Waals surface area (Å²) in [6.07, 6.45) is 2.57. The van der Waals surface area contributed by atoms with Crippen LogP contribution in [-0.4, -0.2) is 28.8 Å². The van der Waals surface area contributed by atoms with Gasteiger partial charge in [0.25, 0.3) is 5.91 Å². The highest BCUT2D eigenvalue weighted by Gasteiger charge is 2.21. The Balaban J connectivity index is 1.66. The standard InChI is InChI=1S/C25H25N3O2S/c1-28-22-12-8-7-11-20(22)26-24(28)16-21(17-9-5-4-6-10-17)27-25(29)19-14-13-18(31-3)15-23(19)30-2/h4-15,21H,16H2,1-3H3,(H,27,29)/t21-/m0/s1. The van der Waals surface area contributed by atoms with Gasteiger partial charge in [0.2, 0.25) is 0 Å². The molecule has 3 aromatic carbocycles. The first kappa shape index (κ1) is 21.0. The van der Waals surface area contributed by atoms with Crippen molar-refractivity contribution in [2.75, 3.05) is 13.4 Å². The first-order valence-corrected chi connectivity index (χ1v) is 11.3. The van der Waals surface area contributed by atoms with Crippen LogP contribution in [-0.2, 0) is 13.5 Å². The van der Waals surface area contributed by atoms with Gasteiger partial charge in [-0.1, -0.05) is 42.5 Å². The van der Waals surface area contributed by atoms with Crippen LogP contribution in [0.15, 0.2) is 77.7 Å². The fourth-order valence-electron chi connectivity index (χ4n) is 3.72. The monoisotopic (exact) mass is 431 g/mol. The lowest BCUT2D eigenvalue weighted by atomic mass is 10.0. The second-order valence-corrected chi connectivity index (χ2v) is 8.16. The fourth-order valence-corrected chi connectivity index (χ4v) is 4.15. The van der Waals surface area contributed by atoms with Gasteiger partial charge in [0.05, 0.1) is 29.7 Å². The number of imidazole rings is 1. The van der Waals surface area contributed by atoms with Crippen LogP contribution < -0.4 is 10.1 Å². The van der Waals surface area contributed by atoms with Crippen LogP contribution in [0.5, 0.6) is 5.75 Å². The zero-order chi connectivity index (χ0) is 21.8. The first-order chi connectivity index (χ1) is 15.1. The lowest BCUT2D eigenvalue weighted by Crippen LogP contribution is -2.31. The molecule has 0 bridgehead atoms. The minimum atomic E-state index is -0.228. The average molecular weight is 432 g/mol. The Kier molecular flexibility index (Phi) is 6.28. The van der Waals surface area contributed by atoms with Gasteiger partial charge < -0.3 is 14.6 Å². The quantitative estimate of drug-likeness (QED) is 0.418. The first-order valence-electron chi connectivity index (χ1n) is 10.1. The van der Waals surface area contributed by atoms with Crippen LogP contribution in [0.2, 0.25) is 0 Å². The molecule has 1 heterocycles. The number of ether oxygens (including phenoxy) is 1. The Morgan fingerprint density at radius 1 is 1.10 bits per heavy atom. The molecule has 0 aliphatic heterocycles. The predicted molar refractivity (Wildman–Crippen MR) is 126 cm³/mol. The number of amides is 1. The maximum atomic E-state index is 13.2. The molecule has 0 saturated carbocycles. The van der Waals surface area contributed by atoms with Crippen molar-refractivity contribution in [2.24, 2.45) is 7.05 Å². The van der Waals surface area contributed by atoms with Crippen LogP contribution in [0, 0.1) is 0 Å². The number of hydrogen-bond donors (Lipinski definition) is 1. The van der Waals surface area contributed by atoms with Gasteiger partial charge in [-0.3, -0.25) is 4.79 Å². The van der Waals surface area contributed by atoms with Gasteiger partial charge in [0.1, 0.15) is 11.6 Å². The Morgan fingerprint density at radius 2 is 1.84 bits per heavy atom. The Morgan fingerprint density at radius 3 is 2.55 bits per heavy atom. The van der Waals surface area contributed by atoms with Crippen molar-refractivity contribution in [3.63, 3.8) is 0 Å². The molecule has 0 unspecified atom stereocenters. The molecule has 1 aromatic heterocycles. The smallest absolute Gasteiger partial charge is 0.255 e. The zero-order valence-electron chi connectivity index (χ0n) is 17.8. The van der Waals surface area contributed by atoms with Crippen molar-refractivity contribution in [1.29, 1.82) is 0 Å². The van der Waals surface area contributed by atoms with Crippen LogP contribution in [0.3, 0.4) is 0 Å². The number of thioether (sulfide) groups is 1. The van der Waals surface area contributed by atoms with Crippen molar-refractivity contribution in [1.82, 2.24) is 14.9 Å². The number of hydrogen-bond acceptors (Lipinski definition) is 4. The van der Waals surface area contributed by atoms with E-state index in [2.05, 4.69) is 16.0 Å². The number of rotatable bonds is 7. The molecule has 0 saturated heterocycles. The minimum absolute atomic E-state index is 0.169. The van der Waals surface area contributed by atoms with E-state index in [0.29, 0.717) is 17.7 Å². The molecule has 1 atom stereocenters. The van der Waals surface area contributed by atoms with E-state index in [0.717, 1.165) is 27.3 Å². The number of nitrogens with one attached hydrogen (secondary N) is 1. The highest BCUT2D eigenvalue weighted by atomic mass is 32.2. The number of aryl methyl sites for hydroxylation is 1. The molecular formula is C25H25N3O2S. The predicted octanol–water partition coefficient (Wildman–Crippen LogP) is 5.02. The summed E-state index contributed by atoms with van der Waals surface area (Å²) in [6, 6.07) is 23.5. The maximum absolute atomic E-state index is 13.2. The van der Waals surface area contributed by atoms with Crippen molar-refractivity contribution in [3.8, 4) is 5.75 Å². The average Bonchev–Trinajstić information content (AvgIpc) is 3.14. The summed E-state index contributed by atoms with van der Waals surface area (Å²) in [6.45, 7) is 0. The third-order valence-corrected chi connectivity index (χ3v) is 6.15. The SMILES string of the molecule is COc1cc(SC)ccc1C(=O)N[C@@H](Cc1nc2ccccc2n1C)c1ccccc1. The number of para-hydroxylation sites is 2. The van der Waals surface area contributed by atoms with Gasteiger partial charge in [-0.2, -0.15) is 0 Å². The van der Waals surface area contributed by atoms with Crippen LogP contribution >= 0.6 is 11.8 Å². The van der Waals surface area contributed by atoms with Crippen LogP contribution in [0.4, 0.5) is 0 Å². The Bertz CT molecular complexity index is 1200. The van der Waals surface area contributed by atoms with E-state index in [-0.39, 0.29) is 11.9 Å². The summed E-state index contributed by atoms with van der Waals surface area (Å²) in [5.74, 6) is 1.32. The molecule has 4 aromatic rings. The van der Waals surface area contributed by atoms with E-state index in [1.54, 1.807) is 18.9 Å². The molecule has 158 valence electrons. The number of carbonyl (C=O) groups excluding carboxylic acids is 1. The van der Waals surface area contributed by atoms with E-state index in [4.69, 9.17) is 9.72 Å².